The van der Waals surface area contributed by atoms with E-state index in [9.17, 15) is 4.79 Å². The fourth-order valence-electron chi connectivity index (χ4n) is 2.40. The van der Waals surface area contributed by atoms with Gasteiger partial charge in [-0.15, -0.1) is 0 Å². The van der Waals surface area contributed by atoms with Crippen molar-refractivity contribution in [3.05, 3.63) is 58.1 Å². The molecule has 21 heavy (non-hydrogen) atoms. The second-order valence-corrected chi connectivity index (χ2v) is 5.62. The molecular formula is C17H19ClN2O. The summed E-state index contributed by atoms with van der Waals surface area (Å²) in [5, 5.41) is 6.62. The van der Waals surface area contributed by atoms with Crippen molar-refractivity contribution in [1.29, 1.82) is 0 Å². The van der Waals surface area contributed by atoms with E-state index in [4.69, 9.17) is 11.6 Å². The third-order valence-corrected chi connectivity index (χ3v) is 3.45. The van der Waals surface area contributed by atoms with Gasteiger partial charge in [-0.05, 0) is 50.1 Å². The normalized spacial score (nSPS) is 10.3. The first-order valence-corrected chi connectivity index (χ1v) is 7.20. The zero-order valence-corrected chi connectivity index (χ0v) is 13.2. The van der Waals surface area contributed by atoms with Gasteiger partial charge < -0.3 is 10.6 Å². The van der Waals surface area contributed by atoms with E-state index in [0.29, 0.717) is 10.7 Å². The summed E-state index contributed by atoms with van der Waals surface area (Å²) in [7, 11) is 0. The Labute approximate surface area is 130 Å². The number of aryl methyl sites for hydroxylation is 3. The van der Waals surface area contributed by atoms with Crippen LogP contribution in [0.4, 0.5) is 11.4 Å². The van der Waals surface area contributed by atoms with Crippen molar-refractivity contribution in [1.82, 2.24) is 0 Å². The average molecular weight is 303 g/mol. The molecule has 0 unspecified atom stereocenters. The highest BCUT2D eigenvalue weighted by atomic mass is 35.5. The summed E-state index contributed by atoms with van der Waals surface area (Å²) in [4.78, 5) is 12.0. The van der Waals surface area contributed by atoms with Crippen LogP contribution in [0.3, 0.4) is 0 Å². The standard InChI is InChI=1S/C17H19ClN2O/c1-11-7-12(2)17(13(3)8-11)19-10-16(21)20-15-6-4-5-14(18)9-15/h4-9,19H,10H2,1-3H3,(H,20,21). The average Bonchev–Trinajstić information content (AvgIpc) is 2.37. The zero-order valence-electron chi connectivity index (χ0n) is 12.5. The van der Waals surface area contributed by atoms with Crippen LogP contribution >= 0.6 is 11.6 Å². The summed E-state index contributed by atoms with van der Waals surface area (Å²) in [6.45, 7) is 6.36. The fourth-order valence-corrected chi connectivity index (χ4v) is 2.59. The number of carbonyl (C=O) groups is 1. The first-order valence-electron chi connectivity index (χ1n) is 6.83. The maximum absolute atomic E-state index is 12.0. The van der Waals surface area contributed by atoms with Crippen LogP contribution in [0.25, 0.3) is 0 Å². The van der Waals surface area contributed by atoms with E-state index in [-0.39, 0.29) is 12.5 Å². The molecule has 110 valence electrons. The van der Waals surface area contributed by atoms with Gasteiger partial charge in [-0.25, -0.2) is 0 Å². The molecule has 0 aliphatic heterocycles. The fraction of sp³-hybridized carbons (Fsp3) is 0.235. The lowest BCUT2D eigenvalue weighted by Gasteiger charge is -2.14. The number of carbonyl (C=O) groups excluding carboxylic acids is 1. The summed E-state index contributed by atoms with van der Waals surface area (Å²) in [5.41, 5.74) is 5.22. The minimum Gasteiger partial charge on any atom is -0.376 e. The van der Waals surface area contributed by atoms with Crippen molar-refractivity contribution in [2.45, 2.75) is 20.8 Å². The molecule has 0 heterocycles. The van der Waals surface area contributed by atoms with Gasteiger partial charge in [0.2, 0.25) is 5.91 Å². The van der Waals surface area contributed by atoms with Crippen LogP contribution < -0.4 is 10.6 Å². The van der Waals surface area contributed by atoms with Crippen LogP contribution in [0.2, 0.25) is 5.02 Å². The molecule has 1 amide bonds. The Bertz CT molecular complexity index is 645. The summed E-state index contributed by atoms with van der Waals surface area (Å²) in [6, 6.07) is 11.3. The molecule has 0 atom stereocenters. The lowest BCUT2D eigenvalue weighted by molar-refractivity contribution is -0.114. The molecule has 0 spiro atoms. The van der Waals surface area contributed by atoms with E-state index in [0.717, 1.165) is 16.8 Å². The van der Waals surface area contributed by atoms with Gasteiger partial charge in [0.15, 0.2) is 0 Å². The Hall–Kier alpha value is -2.00. The first-order chi connectivity index (χ1) is 9.95. The van der Waals surface area contributed by atoms with E-state index < -0.39 is 0 Å². The van der Waals surface area contributed by atoms with Crippen molar-refractivity contribution >= 4 is 28.9 Å². The Morgan fingerprint density at radius 2 is 1.76 bits per heavy atom. The van der Waals surface area contributed by atoms with Gasteiger partial charge in [-0.1, -0.05) is 35.4 Å². The van der Waals surface area contributed by atoms with Gasteiger partial charge in [0.25, 0.3) is 0 Å². The highest BCUT2D eigenvalue weighted by molar-refractivity contribution is 6.30. The van der Waals surface area contributed by atoms with Gasteiger partial charge in [-0.3, -0.25) is 4.79 Å². The molecule has 0 fully saturated rings. The lowest BCUT2D eigenvalue weighted by atomic mass is 10.1. The van der Waals surface area contributed by atoms with Crippen LogP contribution in [0.5, 0.6) is 0 Å². The van der Waals surface area contributed by atoms with Crippen molar-refractivity contribution in [2.75, 3.05) is 17.2 Å². The van der Waals surface area contributed by atoms with Gasteiger partial charge in [-0.2, -0.15) is 0 Å². The zero-order chi connectivity index (χ0) is 15.4. The Kier molecular flexibility index (Phi) is 4.86. The molecule has 0 aliphatic carbocycles. The number of benzene rings is 2. The Morgan fingerprint density at radius 1 is 1.10 bits per heavy atom. The number of anilines is 2. The molecule has 4 heteroatoms. The lowest BCUT2D eigenvalue weighted by Crippen LogP contribution is -2.22. The first kappa shape index (κ1) is 15.4. The molecule has 0 bridgehead atoms. The minimum atomic E-state index is -0.100. The Balaban J connectivity index is 1.99. The summed E-state index contributed by atoms with van der Waals surface area (Å²) in [5.74, 6) is -0.100. The summed E-state index contributed by atoms with van der Waals surface area (Å²) < 4.78 is 0. The van der Waals surface area contributed by atoms with Crippen LogP contribution in [0.1, 0.15) is 16.7 Å². The highest BCUT2D eigenvalue weighted by Gasteiger charge is 2.07. The largest absolute Gasteiger partial charge is 0.376 e. The van der Waals surface area contributed by atoms with Crippen molar-refractivity contribution in [2.24, 2.45) is 0 Å². The van der Waals surface area contributed by atoms with Gasteiger partial charge in [0, 0.05) is 16.4 Å². The predicted octanol–water partition coefficient (Wildman–Crippen LogP) is 4.32. The van der Waals surface area contributed by atoms with Crippen molar-refractivity contribution < 1.29 is 4.79 Å². The molecule has 3 nitrogen and oxygen atoms in total. The van der Waals surface area contributed by atoms with Crippen LogP contribution in [0, 0.1) is 20.8 Å². The predicted molar refractivity (Wildman–Crippen MR) is 89.2 cm³/mol. The number of nitrogens with one attached hydrogen (secondary N) is 2. The highest BCUT2D eigenvalue weighted by Crippen LogP contribution is 2.21. The third-order valence-electron chi connectivity index (χ3n) is 3.21. The van der Waals surface area contributed by atoms with E-state index in [1.165, 1.54) is 5.56 Å². The maximum atomic E-state index is 12.0. The van der Waals surface area contributed by atoms with E-state index >= 15 is 0 Å². The summed E-state index contributed by atoms with van der Waals surface area (Å²) >= 11 is 5.89. The summed E-state index contributed by atoms with van der Waals surface area (Å²) in [6.07, 6.45) is 0. The van der Waals surface area contributed by atoms with Crippen LogP contribution in [-0.4, -0.2) is 12.5 Å². The molecule has 0 aromatic heterocycles. The molecule has 2 N–H and O–H groups in total. The molecule has 2 aromatic rings. The Morgan fingerprint density at radius 3 is 2.38 bits per heavy atom. The van der Waals surface area contributed by atoms with E-state index in [1.54, 1.807) is 18.2 Å². The molecule has 0 radical (unpaired) electrons. The van der Waals surface area contributed by atoms with E-state index in [2.05, 4.69) is 29.7 Å². The molecular weight excluding hydrogens is 284 g/mol. The SMILES string of the molecule is Cc1cc(C)c(NCC(=O)Nc2cccc(Cl)c2)c(C)c1. The van der Waals surface area contributed by atoms with Crippen LogP contribution in [0.15, 0.2) is 36.4 Å². The smallest absolute Gasteiger partial charge is 0.243 e. The van der Waals surface area contributed by atoms with Gasteiger partial charge in [0.1, 0.15) is 0 Å². The molecule has 2 rings (SSSR count). The number of hydrogen-bond donors (Lipinski definition) is 2. The second kappa shape index (κ2) is 6.64. The monoisotopic (exact) mass is 302 g/mol. The molecule has 0 saturated heterocycles. The van der Waals surface area contributed by atoms with Gasteiger partial charge >= 0.3 is 0 Å². The molecule has 0 saturated carbocycles. The minimum absolute atomic E-state index is 0.100. The number of hydrogen-bond acceptors (Lipinski definition) is 2. The van der Waals surface area contributed by atoms with Crippen LogP contribution in [-0.2, 0) is 4.79 Å². The van der Waals surface area contributed by atoms with Crippen molar-refractivity contribution in [3.8, 4) is 0 Å². The number of amides is 1. The quantitative estimate of drug-likeness (QED) is 0.883. The maximum Gasteiger partial charge on any atom is 0.243 e. The number of rotatable bonds is 4. The topological polar surface area (TPSA) is 41.1 Å². The van der Waals surface area contributed by atoms with Gasteiger partial charge in [0.05, 0.1) is 6.54 Å². The second-order valence-electron chi connectivity index (χ2n) is 5.19. The number of halogens is 1. The molecule has 2 aromatic carbocycles. The van der Waals surface area contributed by atoms with Crippen molar-refractivity contribution in [3.63, 3.8) is 0 Å². The third kappa shape index (κ3) is 4.23. The van der Waals surface area contributed by atoms with E-state index in [1.807, 2.05) is 19.9 Å². The molecule has 0 aliphatic rings.